The van der Waals surface area contributed by atoms with Gasteiger partial charge in [-0.25, -0.2) is 0 Å². The van der Waals surface area contributed by atoms with E-state index in [4.69, 9.17) is 0 Å². The summed E-state index contributed by atoms with van der Waals surface area (Å²) in [6, 6.07) is 10.8. The van der Waals surface area contributed by atoms with E-state index in [1.54, 1.807) is 0 Å². The highest BCUT2D eigenvalue weighted by molar-refractivity contribution is 5.66. The van der Waals surface area contributed by atoms with Gasteiger partial charge in [-0.05, 0) is 42.7 Å². The Kier molecular flexibility index (Phi) is 4.14. The molecule has 0 radical (unpaired) electrons. The van der Waals surface area contributed by atoms with Crippen LogP contribution < -0.4 is 0 Å². The van der Waals surface area contributed by atoms with Crippen LogP contribution in [0.5, 0.6) is 0 Å². The second kappa shape index (κ2) is 6.21. The van der Waals surface area contributed by atoms with Crippen LogP contribution in [-0.2, 0) is 0 Å². The summed E-state index contributed by atoms with van der Waals surface area (Å²) >= 11 is 0. The first-order valence-corrected chi connectivity index (χ1v) is 7.55. The second-order valence-electron chi connectivity index (χ2n) is 5.72. The lowest BCUT2D eigenvalue weighted by Gasteiger charge is -2.30. The molecule has 0 bridgehead atoms. The molecule has 0 saturated heterocycles. The van der Waals surface area contributed by atoms with Gasteiger partial charge in [0.2, 0.25) is 0 Å². The summed E-state index contributed by atoms with van der Waals surface area (Å²) in [6.45, 7) is 3.58. The first-order chi connectivity index (χ1) is 9.42. The molecule has 1 nitrogen and oxygen atoms in total. The Hall–Kier alpha value is -1.34. The van der Waals surface area contributed by atoms with Gasteiger partial charge in [-0.2, -0.15) is 0 Å². The first-order valence-electron chi connectivity index (χ1n) is 7.55. The molecule has 1 aliphatic carbocycles. The van der Waals surface area contributed by atoms with Crippen LogP contribution in [0.25, 0.3) is 5.57 Å². The summed E-state index contributed by atoms with van der Waals surface area (Å²) in [6.07, 6.45) is 12.5. The molecule has 2 aliphatic rings. The van der Waals surface area contributed by atoms with Crippen molar-refractivity contribution in [2.75, 3.05) is 19.6 Å². The molecular weight excluding hydrogens is 230 g/mol. The molecule has 0 saturated carbocycles. The summed E-state index contributed by atoms with van der Waals surface area (Å²) < 4.78 is 0. The van der Waals surface area contributed by atoms with E-state index in [9.17, 15) is 0 Å². The van der Waals surface area contributed by atoms with Gasteiger partial charge in [-0.15, -0.1) is 0 Å². The zero-order valence-electron chi connectivity index (χ0n) is 11.6. The molecule has 1 aromatic rings. The Labute approximate surface area is 116 Å². The van der Waals surface area contributed by atoms with Crippen LogP contribution in [0.2, 0.25) is 0 Å². The number of benzene rings is 1. The fourth-order valence-electron chi connectivity index (χ4n) is 3.16. The van der Waals surface area contributed by atoms with Gasteiger partial charge in [0.1, 0.15) is 0 Å². The van der Waals surface area contributed by atoms with E-state index in [0.29, 0.717) is 0 Å². The molecule has 1 atom stereocenters. The van der Waals surface area contributed by atoms with Gasteiger partial charge in [-0.3, -0.25) is 4.90 Å². The minimum Gasteiger partial charge on any atom is -0.299 e. The molecule has 1 unspecified atom stereocenters. The zero-order valence-corrected chi connectivity index (χ0v) is 11.6. The van der Waals surface area contributed by atoms with Gasteiger partial charge in [0, 0.05) is 19.6 Å². The van der Waals surface area contributed by atoms with E-state index >= 15 is 0 Å². The van der Waals surface area contributed by atoms with Gasteiger partial charge in [0.25, 0.3) is 0 Å². The predicted molar refractivity (Wildman–Crippen MR) is 82.0 cm³/mol. The van der Waals surface area contributed by atoms with E-state index in [2.05, 4.69) is 53.5 Å². The Morgan fingerprint density at radius 3 is 2.74 bits per heavy atom. The number of rotatable bonds is 3. The average Bonchev–Trinajstić information content (AvgIpc) is 2.50. The Morgan fingerprint density at radius 2 is 2.05 bits per heavy atom. The minimum absolute atomic E-state index is 0.792. The summed E-state index contributed by atoms with van der Waals surface area (Å²) in [7, 11) is 0. The van der Waals surface area contributed by atoms with Gasteiger partial charge in [-0.1, -0.05) is 48.6 Å². The molecule has 100 valence electrons. The van der Waals surface area contributed by atoms with Crippen molar-refractivity contribution < 1.29 is 0 Å². The number of hydrogen-bond donors (Lipinski definition) is 0. The number of nitrogens with zero attached hydrogens (tertiary/aromatic N) is 1. The minimum atomic E-state index is 0.792. The van der Waals surface area contributed by atoms with Crippen molar-refractivity contribution in [2.24, 2.45) is 5.92 Å². The van der Waals surface area contributed by atoms with Gasteiger partial charge >= 0.3 is 0 Å². The Balaban J connectivity index is 1.57. The normalized spacial score (nSPS) is 24.2. The fraction of sp³-hybridized carbons (Fsp3) is 0.444. The van der Waals surface area contributed by atoms with Crippen molar-refractivity contribution in [3.63, 3.8) is 0 Å². The van der Waals surface area contributed by atoms with Crippen LogP contribution in [0.3, 0.4) is 0 Å². The van der Waals surface area contributed by atoms with Crippen LogP contribution in [0.1, 0.15) is 31.2 Å². The van der Waals surface area contributed by atoms with Crippen molar-refractivity contribution in [3.8, 4) is 0 Å². The Bertz CT molecular complexity index is 458. The summed E-state index contributed by atoms with van der Waals surface area (Å²) in [5, 5.41) is 0. The third kappa shape index (κ3) is 3.36. The van der Waals surface area contributed by atoms with Crippen LogP contribution in [-0.4, -0.2) is 24.5 Å². The monoisotopic (exact) mass is 253 g/mol. The maximum atomic E-state index is 2.60. The smallest absolute Gasteiger partial charge is 0.0169 e. The zero-order chi connectivity index (χ0) is 12.9. The van der Waals surface area contributed by atoms with Crippen molar-refractivity contribution in [2.45, 2.75) is 25.7 Å². The van der Waals surface area contributed by atoms with Gasteiger partial charge in [0.15, 0.2) is 0 Å². The molecule has 1 aromatic carbocycles. The lowest BCUT2D eigenvalue weighted by molar-refractivity contribution is 0.262. The van der Waals surface area contributed by atoms with Crippen molar-refractivity contribution in [1.29, 1.82) is 0 Å². The maximum absolute atomic E-state index is 2.60. The van der Waals surface area contributed by atoms with E-state index < -0.39 is 0 Å². The van der Waals surface area contributed by atoms with E-state index in [1.807, 2.05) is 0 Å². The summed E-state index contributed by atoms with van der Waals surface area (Å²) in [5.74, 6) is 0.792. The quantitative estimate of drug-likeness (QED) is 0.732. The molecule has 1 aliphatic heterocycles. The third-order valence-electron chi connectivity index (χ3n) is 4.28. The van der Waals surface area contributed by atoms with Crippen molar-refractivity contribution in [1.82, 2.24) is 4.90 Å². The maximum Gasteiger partial charge on any atom is 0.0169 e. The predicted octanol–water partition coefficient (Wildman–Crippen LogP) is 4.13. The average molecular weight is 253 g/mol. The SMILES string of the molecule is C1=CC(CN2CC=C(c3ccccc3)CC2)CCC1. The third-order valence-corrected chi connectivity index (χ3v) is 4.28. The highest BCUT2D eigenvalue weighted by atomic mass is 15.1. The van der Waals surface area contributed by atoms with E-state index in [1.165, 1.54) is 49.9 Å². The van der Waals surface area contributed by atoms with Crippen molar-refractivity contribution >= 4 is 5.57 Å². The van der Waals surface area contributed by atoms with Gasteiger partial charge < -0.3 is 0 Å². The molecule has 0 N–H and O–H groups in total. The topological polar surface area (TPSA) is 3.24 Å². The lowest BCUT2D eigenvalue weighted by Crippen LogP contribution is -2.33. The Morgan fingerprint density at radius 1 is 1.16 bits per heavy atom. The van der Waals surface area contributed by atoms with Gasteiger partial charge in [0.05, 0.1) is 0 Å². The molecule has 0 fully saturated rings. The second-order valence-corrected chi connectivity index (χ2v) is 5.72. The lowest BCUT2D eigenvalue weighted by atomic mass is 9.94. The van der Waals surface area contributed by atoms with Crippen LogP contribution in [0.4, 0.5) is 0 Å². The van der Waals surface area contributed by atoms with E-state index in [0.717, 1.165) is 12.5 Å². The first kappa shape index (κ1) is 12.7. The highest BCUT2D eigenvalue weighted by Crippen LogP contribution is 2.24. The molecule has 0 amide bonds. The largest absolute Gasteiger partial charge is 0.299 e. The number of hydrogen-bond acceptors (Lipinski definition) is 1. The molecule has 0 spiro atoms. The highest BCUT2D eigenvalue weighted by Gasteiger charge is 2.16. The van der Waals surface area contributed by atoms with Crippen LogP contribution in [0.15, 0.2) is 48.6 Å². The molecule has 0 aromatic heterocycles. The molecule has 19 heavy (non-hydrogen) atoms. The molecular formula is C18H23N. The van der Waals surface area contributed by atoms with Crippen LogP contribution >= 0.6 is 0 Å². The molecule has 3 rings (SSSR count). The summed E-state index contributed by atoms with van der Waals surface area (Å²) in [4.78, 5) is 2.60. The summed E-state index contributed by atoms with van der Waals surface area (Å²) in [5.41, 5.74) is 2.93. The van der Waals surface area contributed by atoms with Crippen molar-refractivity contribution in [3.05, 3.63) is 54.1 Å². The molecule has 1 heteroatoms. The number of allylic oxidation sites excluding steroid dienone is 1. The van der Waals surface area contributed by atoms with Crippen LogP contribution in [0, 0.1) is 5.92 Å². The van der Waals surface area contributed by atoms with E-state index in [-0.39, 0.29) is 0 Å². The molecule has 1 heterocycles. The fourth-order valence-corrected chi connectivity index (χ4v) is 3.16. The standard InChI is InChI=1S/C18H23N/c1-3-7-16(8-4-1)15-19-13-11-18(12-14-19)17-9-5-2-6-10-17/h2-3,5-7,9-11,16H,1,4,8,12-15H2.